The van der Waals surface area contributed by atoms with Crippen molar-refractivity contribution in [1.29, 1.82) is 0 Å². The van der Waals surface area contributed by atoms with Crippen molar-refractivity contribution in [2.75, 3.05) is 0 Å². The van der Waals surface area contributed by atoms with Gasteiger partial charge in [0.2, 0.25) is 0 Å². The molecule has 0 aliphatic heterocycles. The third-order valence-corrected chi connectivity index (χ3v) is 13.5. The Morgan fingerprint density at radius 2 is 0.864 bits per heavy atom. The van der Waals surface area contributed by atoms with Crippen molar-refractivity contribution in [3.05, 3.63) is 210 Å². The second-order valence-corrected chi connectivity index (χ2v) is 17.3. The Bertz CT molecular complexity index is 3830. The van der Waals surface area contributed by atoms with E-state index in [1.54, 1.807) is 0 Å². The third kappa shape index (κ3) is 4.66. The lowest BCUT2D eigenvalue weighted by atomic mass is 9.74. The van der Waals surface area contributed by atoms with Gasteiger partial charge in [0, 0.05) is 5.41 Å². The van der Waals surface area contributed by atoms with Crippen LogP contribution in [0.15, 0.2) is 194 Å². The lowest BCUT2D eigenvalue weighted by molar-refractivity contribution is 0.647. The van der Waals surface area contributed by atoms with Crippen LogP contribution < -0.4 is 10.4 Å². The zero-order valence-electron chi connectivity index (χ0n) is 33.0. The second-order valence-electron chi connectivity index (χ2n) is 17.3. The van der Waals surface area contributed by atoms with Gasteiger partial charge in [0.1, 0.15) is 0 Å². The molecule has 0 heteroatoms. The van der Waals surface area contributed by atoms with Crippen LogP contribution in [-0.4, -0.2) is 0 Å². The largest absolute Gasteiger partial charge is 0.0665 e. The van der Waals surface area contributed by atoms with Gasteiger partial charge in [0.25, 0.3) is 0 Å². The van der Waals surface area contributed by atoms with Crippen molar-refractivity contribution in [3.63, 3.8) is 0 Å². The van der Waals surface area contributed by atoms with Gasteiger partial charge in [0.15, 0.2) is 0 Å². The average Bonchev–Trinajstić information content (AvgIpc) is 3.66. The lowest BCUT2D eigenvalue weighted by Gasteiger charge is -2.29. The summed E-state index contributed by atoms with van der Waals surface area (Å²) in [5, 5.41) is 21.0. The highest BCUT2D eigenvalue weighted by atomic mass is 14.3. The van der Waals surface area contributed by atoms with Crippen molar-refractivity contribution in [1.82, 2.24) is 0 Å². The molecule has 13 rings (SSSR count). The molecule has 2 aliphatic rings. The fourth-order valence-electron chi connectivity index (χ4n) is 11.0. The summed E-state index contributed by atoms with van der Waals surface area (Å²) in [6.45, 7) is 4.76. The molecular formula is C59H38. The fourth-order valence-corrected chi connectivity index (χ4v) is 11.0. The highest BCUT2D eigenvalue weighted by molar-refractivity contribution is 6.28. The normalized spacial score (nSPS) is 14.7. The van der Waals surface area contributed by atoms with E-state index in [4.69, 9.17) is 0 Å². The molecular weight excluding hydrogens is 709 g/mol. The van der Waals surface area contributed by atoms with E-state index in [-0.39, 0.29) is 5.41 Å². The van der Waals surface area contributed by atoms with Gasteiger partial charge >= 0.3 is 0 Å². The van der Waals surface area contributed by atoms with Crippen LogP contribution in [0.3, 0.4) is 0 Å². The maximum absolute atomic E-state index is 2.48. The molecule has 0 bridgehead atoms. The summed E-state index contributed by atoms with van der Waals surface area (Å²) in [7, 11) is 0. The van der Waals surface area contributed by atoms with Crippen molar-refractivity contribution in [3.8, 4) is 22.3 Å². The Kier molecular flexibility index (Phi) is 6.60. The zero-order chi connectivity index (χ0) is 39.0. The minimum absolute atomic E-state index is 0.142. The first-order valence-corrected chi connectivity index (χ1v) is 20.8. The first-order chi connectivity index (χ1) is 29.0. The quantitative estimate of drug-likeness (QED) is 0.158. The summed E-state index contributed by atoms with van der Waals surface area (Å²) in [5.41, 5.74) is 10.2. The van der Waals surface area contributed by atoms with Crippen LogP contribution in [0.5, 0.6) is 0 Å². The topological polar surface area (TPSA) is 0 Å². The standard InChI is InChI=1S/C59H38/c1-59(2)34-42(31-41-30-40-32-54-48-15-7-5-13-46(48)47-14-6-8-16-49(47)55(54)33-53(40)58(41)59)35-18-20-37(21-19-35)44-26-22-38-25-29-52-50(27-23-39-24-28-51(44)56(38)57(39)52)45-17-9-11-36-10-3-4-12-43(36)45/h3-34H,1-2H3. The van der Waals surface area contributed by atoms with Crippen LogP contribution >= 0.6 is 0 Å². The van der Waals surface area contributed by atoms with Crippen LogP contribution in [0.2, 0.25) is 0 Å². The van der Waals surface area contributed by atoms with E-state index in [9.17, 15) is 0 Å². The molecule has 0 saturated carbocycles. The van der Waals surface area contributed by atoms with Crippen LogP contribution in [0, 0.1) is 5.41 Å². The van der Waals surface area contributed by atoms with E-state index in [0.717, 1.165) is 0 Å². The van der Waals surface area contributed by atoms with Crippen molar-refractivity contribution in [2.45, 2.75) is 13.8 Å². The van der Waals surface area contributed by atoms with Gasteiger partial charge in [-0.15, -0.1) is 0 Å². The molecule has 11 aromatic rings. The Balaban J connectivity index is 0.918. The predicted molar refractivity (Wildman–Crippen MR) is 254 cm³/mol. The van der Waals surface area contributed by atoms with E-state index in [0.29, 0.717) is 0 Å². The van der Waals surface area contributed by atoms with Crippen LogP contribution in [-0.2, 0) is 0 Å². The fraction of sp³-hybridized carbons (Fsp3) is 0.0508. The second kappa shape index (κ2) is 11.9. The van der Waals surface area contributed by atoms with Crippen LogP contribution in [0.4, 0.5) is 0 Å². The van der Waals surface area contributed by atoms with Gasteiger partial charge in [-0.2, -0.15) is 0 Å². The molecule has 0 atom stereocenters. The molecule has 0 saturated heterocycles. The van der Waals surface area contributed by atoms with Crippen molar-refractivity contribution >= 4 is 92.6 Å². The molecule has 59 heavy (non-hydrogen) atoms. The molecule has 0 spiro atoms. The molecule has 11 aromatic carbocycles. The molecule has 0 radical (unpaired) electrons. The summed E-state index contributed by atoms with van der Waals surface area (Å²) in [6, 6.07) is 65.9. The van der Waals surface area contributed by atoms with Gasteiger partial charge in [-0.25, -0.2) is 0 Å². The molecule has 274 valence electrons. The smallest absolute Gasteiger partial charge is 0.00965 e. The van der Waals surface area contributed by atoms with E-state index in [1.807, 2.05) is 0 Å². The van der Waals surface area contributed by atoms with Crippen LogP contribution in [0.1, 0.15) is 19.4 Å². The molecule has 0 aromatic heterocycles. The van der Waals surface area contributed by atoms with Gasteiger partial charge < -0.3 is 0 Å². The zero-order valence-corrected chi connectivity index (χ0v) is 33.0. The molecule has 0 amide bonds. The maximum atomic E-state index is 2.48. The number of benzene rings is 11. The summed E-state index contributed by atoms with van der Waals surface area (Å²) in [4.78, 5) is 0. The van der Waals surface area contributed by atoms with E-state index >= 15 is 0 Å². The highest BCUT2D eigenvalue weighted by Gasteiger charge is 2.31. The monoisotopic (exact) mass is 746 g/mol. The summed E-state index contributed by atoms with van der Waals surface area (Å²) in [6.07, 6.45) is 7.32. The third-order valence-electron chi connectivity index (χ3n) is 13.5. The molecule has 0 heterocycles. The number of allylic oxidation sites excluding steroid dienone is 4. The van der Waals surface area contributed by atoms with Gasteiger partial charge in [-0.3, -0.25) is 0 Å². The number of hydrogen-bond donors (Lipinski definition) is 0. The Hall–Kier alpha value is -7.28. The molecule has 0 fully saturated rings. The number of hydrogen-bond acceptors (Lipinski definition) is 0. The Morgan fingerprint density at radius 1 is 0.339 bits per heavy atom. The number of rotatable bonds is 3. The van der Waals surface area contributed by atoms with E-state index < -0.39 is 0 Å². The summed E-state index contributed by atoms with van der Waals surface area (Å²) in [5.74, 6) is 0. The molecule has 0 N–H and O–H groups in total. The summed E-state index contributed by atoms with van der Waals surface area (Å²) < 4.78 is 0. The molecule has 2 aliphatic carbocycles. The van der Waals surface area contributed by atoms with Gasteiger partial charge in [-0.05, 0) is 155 Å². The minimum Gasteiger partial charge on any atom is -0.0665 e. The molecule has 0 unspecified atom stereocenters. The van der Waals surface area contributed by atoms with E-state index in [2.05, 4.69) is 208 Å². The SMILES string of the molecule is CC1(C)C=C(c2ccc(-c3ccc4ccc5c(-c6cccc7ccccc67)ccc6ccc3c4c65)cc2)C=C2C=c3cc4c5ccccc5c5ccccc5c4cc3=C21. The number of fused-ring (bicyclic) bond motifs is 9. The first kappa shape index (κ1) is 32.8. The lowest BCUT2D eigenvalue weighted by Crippen LogP contribution is -2.28. The van der Waals surface area contributed by atoms with E-state index in [1.165, 1.54) is 130 Å². The van der Waals surface area contributed by atoms with Crippen molar-refractivity contribution < 1.29 is 0 Å². The van der Waals surface area contributed by atoms with Gasteiger partial charge in [0.05, 0.1) is 0 Å². The van der Waals surface area contributed by atoms with Gasteiger partial charge in [-0.1, -0.05) is 184 Å². The predicted octanol–water partition coefficient (Wildman–Crippen LogP) is 14.5. The maximum Gasteiger partial charge on any atom is 0.00965 e. The minimum atomic E-state index is -0.142. The first-order valence-electron chi connectivity index (χ1n) is 20.8. The van der Waals surface area contributed by atoms with Crippen molar-refractivity contribution in [2.24, 2.45) is 5.41 Å². The highest BCUT2D eigenvalue weighted by Crippen LogP contribution is 2.46. The van der Waals surface area contributed by atoms with Crippen LogP contribution in [0.25, 0.3) is 115 Å². The average molecular weight is 747 g/mol. The summed E-state index contributed by atoms with van der Waals surface area (Å²) >= 11 is 0. The molecule has 0 nitrogen and oxygen atoms in total. The Labute approximate surface area is 342 Å². The Morgan fingerprint density at radius 3 is 1.56 bits per heavy atom.